The first-order chi connectivity index (χ1) is 8.72. The van der Waals surface area contributed by atoms with Crippen LogP contribution in [-0.2, 0) is 4.74 Å². The van der Waals surface area contributed by atoms with Crippen LogP contribution in [0.5, 0.6) is 0 Å². The highest BCUT2D eigenvalue weighted by molar-refractivity contribution is 4.90. The summed E-state index contributed by atoms with van der Waals surface area (Å²) in [7, 11) is 2.26. The molecule has 0 aliphatic heterocycles. The van der Waals surface area contributed by atoms with Crippen molar-refractivity contribution in [3.63, 3.8) is 0 Å². The minimum absolute atomic E-state index is 0.248. The van der Waals surface area contributed by atoms with Crippen LogP contribution in [0.25, 0.3) is 0 Å². The Bertz CT molecular complexity index is 247. The highest BCUT2D eigenvalue weighted by Crippen LogP contribution is 2.48. The molecule has 0 heterocycles. The fourth-order valence-electron chi connectivity index (χ4n) is 3.96. The highest BCUT2D eigenvalue weighted by Gasteiger charge is 2.39. The second-order valence-corrected chi connectivity index (χ2v) is 6.30. The van der Waals surface area contributed by atoms with Crippen LogP contribution in [0.15, 0.2) is 0 Å². The van der Waals surface area contributed by atoms with Gasteiger partial charge in [0, 0.05) is 26.2 Å². The Morgan fingerprint density at radius 1 is 1.33 bits per heavy atom. The predicted molar refractivity (Wildman–Crippen MR) is 75.5 cm³/mol. The van der Waals surface area contributed by atoms with E-state index < -0.39 is 0 Å². The molecule has 0 amide bonds. The molecule has 3 heteroatoms. The smallest absolute Gasteiger partial charge is 0.0709 e. The largest absolute Gasteiger partial charge is 0.377 e. The molecule has 3 nitrogen and oxygen atoms in total. The molecule has 2 bridgehead atoms. The summed E-state index contributed by atoms with van der Waals surface area (Å²) in [6.07, 6.45) is 7.32. The van der Waals surface area contributed by atoms with Crippen LogP contribution in [0, 0.1) is 17.8 Å². The van der Waals surface area contributed by atoms with Gasteiger partial charge in [-0.25, -0.2) is 0 Å². The van der Waals surface area contributed by atoms with E-state index in [1.54, 1.807) is 0 Å². The van der Waals surface area contributed by atoms with Crippen molar-refractivity contribution in [3.8, 4) is 0 Å². The molecular weight excluding hydrogens is 224 g/mol. The first-order valence-corrected chi connectivity index (χ1v) is 7.73. The summed E-state index contributed by atoms with van der Waals surface area (Å²) >= 11 is 0. The molecule has 0 radical (unpaired) electrons. The molecule has 0 aromatic heterocycles. The van der Waals surface area contributed by atoms with Crippen LogP contribution in [0.4, 0.5) is 0 Å². The molecule has 0 spiro atoms. The Morgan fingerprint density at radius 3 is 2.72 bits per heavy atom. The first-order valence-electron chi connectivity index (χ1n) is 7.73. The van der Waals surface area contributed by atoms with Gasteiger partial charge in [-0.05, 0) is 57.4 Å². The van der Waals surface area contributed by atoms with Gasteiger partial charge in [-0.3, -0.25) is 0 Å². The molecular formula is C15H30N2O. The lowest BCUT2D eigenvalue weighted by atomic mass is 9.88. The molecule has 106 valence electrons. The van der Waals surface area contributed by atoms with Gasteiger partial charge in [0.15, 0.2) is 0 Å². The zero-order valence-electron chi connectivity index (χ0n) is 12.1. The lowest BCUT2D eigenvalue weighted by Crippen LogP contribution is -2.33. The molecule has 18 heavy (non-hydrogen) atoms. The van der Waals surface area contributed by atoms with E-state index in [2.05, 4.69) is 11.9 Å². The summed E-state index contributed by atoms with van der Waals surface area (Å²) in [5.41, 5.74) is 5.71. The Balaban J connectivity index is 1.64. The Kier molecular flexibility index (Phi) is 5.46. The highest BCUT2D eigenvalue weighted by atomic mass is 16.5. The van der Waals surface area contributed by atoms with Crippen molar-refractivity contribution >= 4 is 0 Å². The lowest BCUT2D eigenvalue weighted by molar-refractivity contribution is 0.0544. The van der Waals surface area contributed by atoms with Crippen molar-refractivity contribution < 1.29 is 4.74 Å². The van der Waals surface area contributed by atoms with Gasteiger partial charge in [0.05, 0.1) is 6.10 Å². The predicted octanol–water partition coefficient (Wildman–Crippen LogP) is 2.11. The zero-order valence-corrected chi connectivity index (χ0v) is 12.1. The summed E-state index contributed by atoms with van der Waals surface area (Å²) in [5, 5.41) is 0. The second kappa shape index (κ2) is 6.88. The van der Waals surface area contributed by atoms with Crippen molar-refractivity contribution in [3.05, 3.63) is 0 Å². The maximum atomic E-state index is 5.71. The molecule has 4 unspecified atom stereocenters. The third kappa shape index (κ3) is 3.69. The number of hydrogen-bond acceptors (Lipinski definition) is 3. The van der Waals surface area contributed by atoms with Gasteiger partial charge in [-0.2, -0.15) is 0 Å². The van der Waals surface area contributed by atoms with Crippen molar-refractivity contribution in [2.75, 3.05) is 33.3 Å². The maximum Gasteiger partial charge on any atom is 0.0709 e. The zero-order chi connectivity index (χ0) is 13.0. The molecule has 0 aromatic carbocycles. The van der Waals surface area contributed by atoms with Gasteiger partial charge in [0.2, 0.25) is 0 Å². The molecule has 2 saturated carbocycles. The van der Waals surface area contributed by atoms with Crippen LogP contribution < -0.4 is 5.73 Å². The maximum absolute atomic E-state index is 5.71. The topological polar surface area (TPSA) is 38.5 Å². The molecule has 2 aliphatic carbocycles. The summed E-state index contributed by atoms with van der Waals surface area (Å²) < 4.78 is 5.61. The van der Waals surface area contributed by atoms with Gasteiger partial charge in [-0.15, -0.1) is 0 Å². The van der Waals surface area contributed by atoms with Gasteiger partial charge in [0.1, 0.15) is 0 Å². The van der Waals surface area contributed by atoms with E-state index in [9.17, 15) is 0 Å². The van der Waals surface area contributed by atoms with E-state index >= 15 is 0 Å². The summed E-state index contributed by atoms with van der Waals surface area (Å²) in [5.74, 6) is 3.07. The number of fused-ring (bicyclic) bond motifs is 2. The second-order valence-electron chi connectivity index (χ2n) is 6.30. The summed E-state index contributed by atoms with van der Waals surface area (Å²) in [6.45, 7) is 5.87. The van der Waals surface area contributed by atoms with Crippen LogP contribution >= 0.6 is 0 Å². The fraction of sp³-hybridized carbons (Fsp3) is 1.00. The number of hydrogen-bond donors (Lipinski definition) is 1. The molecule has 0 saturated heterocycles. The molecule has 2 rings (SSSR count). The molecule has 0 aromatic rings. The van der Waals surface area contributed by atoms with Gasteiger partial charge in [-0.1, -0.05) is 6.42 Å². The van der Waals surface area contributed by atoms with Crippen LogP contribution in [0.3, 0.4) is 0 Å². The molecule has 2 N–H and O–H groups in total. The molecule has 4 atom stereocenters. The van der Waals surface area contributed by atoms with E-state index in [1.807, 2.05) is 6.92 Å². The first kappa shape index (κ1) is 14.3. The third-order valence-electron chi connectivity index (χ3n) is 4.93. The molecule has 2 fully saturated rings. The Morgan fingerprint density at radius 2 is 2.17 bits per heavy atom. The fourth-order valence-corrected chi connectivity index (χ4v) is 3.96. The van der Waals surface area contributed by atoms with E-state index in [1.165, 1.54) is 32.2 Å². The van der Waals surface area contributed by atoms with E-state index in [0.29, 0.717) is 6.54 Å². The lowest BCUT2D eigenvalue weighted by Gasteiger charge is -2.28. The summed E-state index contributed by atoms with van der Waals surface area (Å²) in [6, 6.07) is 0. The normalized spacial score (nSPS) is 32.3. The SMILES string of the molecule is CCOC(CN)CCN(C)CC1CC2CCC1C2. The van der Waals surface area contributed by atoms with Gasteiger partial charge < -0.3 is 15.4 Å². The van der Waals surface area contributed by atoms with Crippen LogP contribution in [0.2, 0.25) is 0 Å². The quantitative estimate of drug-likeness (QED) is 0.721. The minimum Gasteiger partial charge on any atom is -0.377 e. The van der Waals surface area contributed by atoms with E-state index in [4.69, 9.17) is 10.5 Å². The van der Waals surface area contributed by atoms with Crippen LogP contribution in [-0.4, -0.2) is 44.3 Å². The molecule has 2 aliphatic rings. The van der Waals surface area contributed by atoms with Crippen molar-refractivity contribution in [1.82, 2.24) is 4.90 Å². The van der Waals surface area contributed by atoms with Crippen molar-refractivity contribution in [1.29, 1.82) is 0 Å². The Hall–Kier alpha value is -0.120. The average Bonchev–Trinajstić information content (AvgIpc) is 2.96. The number of rotatable bonds is 8. The van der Waals surface area contributed by atoms with Gasteiger partial charge in [0.25, 0.3) is 0 Å². The van der Waals surface area contributed by atoms with Gasteiger partial charge >= 0.3 is 0 Å². The summed E-state index contributed by atoms with van der Waals surface area (Å²) in [4.78, 5) is 2.49. The van der Waals surface area contributed by atoms with E-state index in [-0.39, 0.29) is 6.10 Å². The number of ether oxygens (including phenoxy) is 1. The third-order valence-corrected chi connectivity index (χ3v) is 4.93. The monoisotopic (exact) mass is 254 g/mol. The van der Waals surface area contributed by atoms with Crippen molar-refractivity contribution in [2.45, 2.75) is 45.1 Å². The Labute approximate surface area is 112 Å². The van der Waals surface area contributed by atoms with Crippen LogP contribution in [0.1, 0.15) is 39.0 Å². The minimum atomic E-state index is 0.248. The average molecular weight is 254 g/mol. The standard InChI is InChI=1S/C15H30N2O/c1-3-18-15(10-16)6-7-17(2)11-14-9-12-4-5-13(14)8-12/h12-15H,3-11,16H2,1-2H3. The number of nitrogens with zero attached hydrogens (tertiary/aromatic N) is 1. The van der Waals surface area contributed by atoms with Crippen molar-refractivity contribution in [2.24, 2.45) is 23.5 Å². The number of nitrogens with two attached hydrogens (primary N) is 1. The van der Waals surface area contributed by atoms with E-state index in [0.717, 1.165) is 37.3 Å².